The zero-order valence-electron chi connectivity index (χ0n) is 54.0. The van der Waals surface area contributed by atoms with E-state index in [-0.39, 0.29) is 6.71 Å². The first kappa shape index (κ1) is 58.3. The molecule has 20 rings (SSSR count). The third-order valence-corrected chi connectivity index (χ3v) is 38.6. The van der Waals surface area contributed by atoms with Gasteiger partial charge in [-0.05, 0) is 153 Å². The van der Waals surface area contributed by atoms with Crippen LogP contribution in [0.3, 0.4) is 0 Å². The quantitative estimate of drug-likeness (QED) is 0.133. The van der Waals surface area contributed by atoms with Crippen LogP contribution in [-0.2, 0) is 0 Å². The smallest absolute Gasteiger partial charge is 0.247 e. The molecule has 0 amide bonds. The van der Waals surface area contributed by atoms with Crippen LogP contribution in [0.25, 0.3) is 0 Å². The van der Waals surface area contributed by atoms with Crippen LogP contribution in [0.2, 0.25) is 0 Å². The second-order valence-corrected chi connectivity index (χ2v) is 39.9. The summed E-state index contributed by atoms with van der Waals surface area (Å²) in [4.78, 5) is 12.9. The largest absolute Gasteiger partial charge is 0.311 e. The Hall–Kier alpha value is -10.9. The van der Waals surface area contributed by atoms with E-state index in [2.05, 4.69) is 391 Å². The Balaban J connectivity index is 0.804. The molecule has 0 fully saturated rings. The number of anilines is 9. The molecule has 0 unspecified atom stereocenters. The second-order valence-electron chi connectivity index (χ2n) is 26.5. The van der Waals surface area contributed by atoms with E-state index in [1.165, 1.54) is 138 Å². The summed E-state index contributed by atoms with van der Waals surface area (Å²) in [7, 11) is -8.61. The van der Waals surface area contributed by atoms with Gasteiger partial charge in [0.25, 0.3) is 0 Å². The van der Waals surface area contributed by atoms with E-state index in [1.54, 1.807) is 0 Å². The zero-order valence-corrected chi connectivity index (χ0v) is 58.7. The molecule has 0 saturated heterocycles. The monoisotopic (exact) mass is 1340 g/mol. The molecule has 15 aromatic rings. The van der Waals surface area contributed by atoms with E-state index >= 15 is 0 Å². The van der Waals surface area contributed by atoms with Crippen LogP contribution in [0.15, 0.2) is 396 Å². The summed E-state index contributed by atoms with van der Waals surface area (Å²) in [6.07, 6.45) is 0. The van der Waals surface area contributed by atoms with Crippen molar-refractivity contribution in [3.05, 3.63) is 376 Å². The van der Waals surface area contributed by atoms with Gasteiger partial charge in [-0.25, -0.2) is 0 Å². The maximum Gasteiger partial charge on any atom is 0.247 e. The van der Waals surface area contributed by atoms with Gasteiger partial charge in [-0.2, -0.15) is 0 Å². The van der Waals surface area contributed by atoms with Gasteiger partial charge in [0, 0.05) is 70.8 Å². The van der Waals surface area contributed by atoms with Crippen molar-refractivity contribution in [1.82, 2.24) is 0 Å². The number of hydrogen-bond acceptors (Lipinski definition) is 5. The summed E-state index contributed by atoms with van der Waals surface area (Å²) >= 11 is 3.88. The average molecular weight is 1340 g/mol. The topological polar surface area (TPSA) is 9.72 Å². The van der Waals surface area contributed by atoms with Crippen molar-refractivity contribution in [3.63, 3.8) is 0 Å². The Kier molecular flexibility index (Phi) is 13.6. The summed E-state index contributed by atoms with van der Waals surface area (Å²) < 4.78 is 0. The van der Waals surface area contributed by atoms with Crippen molar-refractivity contribution in [2.24, 2.45) is 0 Å². The third-order valence-electron chi connectivity index (χ3n) is 21.7. The number of fused-ring (bicyclic) bond motifs is 10. The Morgan fingerprint density at radius 3 is 0.677 bits per heavy atom. The lowest BCUT2D eigenvalue weighted by atomic mass is 9.36. The van der Waals surface area contributed by atoms with Crippen molar-refractivity contribution in [2.45, 2.75) is 19.6 Å². The van der Waals surface area contributed by atoms with Crippen LogP contribution >= 0.6 is 23.5 Å². The molecule has 0 spiro atoms. The van der Waals surface area contributed by atoms with Crippen molar-refractivity contribution < 1.29 is 0 Å². The Morgan fingerprint density at radius 2 is 0.424 bits per heavy atom. The highest BCUT2D eigenvalue weighted by Crippen LogP contribution is 2.48. The molecule has 99 heavy (non-hydrogen) atoms. The molecule has 0 aromatic heterocycles. The first-order chi connectivity index (χ1) is 49.1. The summed E-state index contributed by atoms with van der Waals surface area (Å²) in [6.45, 7) is -0.108. The molecule has 5 aliphatic heterocycles. The first-order valence-corrected chi connectivity index (χ1v) is 41.9. The Morgan fingerprint density at radius 1 is 0.202 bits per heavy atom. The van der Waals surface area contributed by atoms with Gasteiger partial charge in [-0.15, -0.1) is 0 Å². The molecule has 5 heterocycles. The highest BCUT2D eigenvalue weighted by molar-refractivity contribution is 8.01. The molecule has 3 nitrogen and oxygen atoms in total. The first-order valence-electron chi connectivity index (χ1n) is 34.3. The molecule has 464 valence electrons. The highest BCUT2D eigenvalue weighted by atomic mass is 32.2. The van der Waals surface area contributed by atoms with Gasteiger partial charge in [0.2, 0.25) is 6.71 Å². The molecule has 0 aliphatic carbocycles. The summed E-state index contributed by atoms with van der Waals surface area (Å²) in [5.41, 5.74) is 14.9. The van der Waals surface area contributed by atoms with Gasteiger partial charge >= 0.3 is 0 Å². The molecule has 0 atom stereocenters. The lowest BCUT2D eigenvalue weighted by Gasteiger charge is -2.46. The fraction of sp³-hybridized carbons (Fsp3) is 0. The third kappa shape index (κ3) is 8.46. The highest BCUT2D eigenvalue weighted by Gasteiger charge is 2.53. The molecular formula is C90H62BN3S2Si3. The fourth-order valence-electron chi connectivity index (χ4n) is 17.9. The second kappa shape index (κ2) is 23.1. The van der Waals surface area contributed by atoms with E-state index in [0.29, 0.717) is 0 Å². The molecule has 0 N–H and O–H groups in total. The van der Waals surface area contributed by atoms with Crippen LogP contribution in [0.4, 0.5) is 51.2 Å². The number of nitrogens with zero attached hydrogens (tertiary/aromatic N) is 3. The van der Waals surface area contributed by atoms with Crippen molar-refractivity contribution >= 4 is 184 Å². The maximum atomic E-state index is 2.60. The van der Waals surface area contributed by atoms with Crippen LogP contribution in [-0.4, -0.2) is 30.9 Å². The predicted molar refractivity (Wildman–Crippen MR) is 428 cm³/mol. The number of para-hydroxylation sites is 6. The number of hydrogen-bond donors (Lipinski definition) is 0. The van der Waals surface area contributed by atoms with Gasteiger partial charge in [-0.1, -0.05) is 326 Å². The molecule has 9 heteroatoms. The van der Waals surface area contributed by atoms with Gasteiger partial charge in [0.1, 0.15) is 0 Å². The number of rotatable bonds is 9. The van der Waals surface area contributed by atoms with E-state index < -0.39 is 24.2 Å². The Labute approximate surface area is 590 Å². The van der Waals surface area contributed by atoms with E-state index in [1.807, 2.05) is 23.5 Å². The minimum absolute atomic E-state index is 0.108. The molecule has 15 aromatic carbocycles. The Bertz CT molecular complexity index is 5170. The molecule has 0 bridgehead atoms. The lowest BCUT2D eigenvalue weighted by molar-refractivity contribution is 1.23. The van der Waals surface area contributed by atoms with Crippen molar-refractivity contribution in [2.75, 3.05) is 14.7 Å². The van der Waals surface area contributed by atoms with E-state index in [4.69, 9.17) is 0 Å². The van der Waals surface area contributed by atoms with Crippen LogP contribution in [0.5, 0.6) is 0 Å². The van der Waals surface area contributed by atoms with Gasteiger partial charge < -0.3 is 14.7 Å². The molecular weight excluding hydrogens is 1280 g/mol. The summed E-state index contributed by atoms with van der Waals surface area (Å²) in [5, 5.41) is 16.6. The van der Waals surface area contributed by atoms with E-state index in [0.717, 1.165) is 11.4 Å². The SMILES string of the molecule is c1ccc([Si]2(c3ccccc3)c3ccccc3N(c3cc4c5c(c3)Sc3ccc(N6c7ccccc7[Si](c7ccccc7)(c7ccccc7)c7ccccc76)cc3B5c3cc(N5c6ccccc6[Si](c6ccccc6)(c6ccccc6)c6ccccc65)ccc3S4)c3ccccc32)cc1. The standard InChI is InChI=1S/C90H62BN3S2Si3/c1-7-31-66(32-8-1)97(67-33-9-2-10-34-67)84-49-25-19-43-74(84)92(75-44-20-26-50-85(75)97)63-55-57-80-72(59-63)91-73-60-64(93-76-45-21-27-51-86(76)98(68-35-11-3-12-36-68,69-37-13-4-14-38-69)87-52-28-22-46-77(87)93)56-58-81(73)96-83-62-65(61-82(95-80)90(83)91)94-78-47-23-29-53-88(78)99(70-39-15-5-16-40-70,71-41-17-6-18-42-71)89-54-30-24-48-79(89)94/h1-62H. The molecule has 5 aliphatic rings. The number of benzene rings is 15. The van der Waals surface area contributed by atoms with Gasteiger partial charge in [0.05, 0.1) is 0 Å². The van der Waals surface area contributed by atoms with Crippen LogP contribution in [0, 0.1) is 0 Å². The normalized spacial score (nSPS) is 14.9. The fourth-order valence-corrected chi connectivity index (χ4v) is 35.7. The minimum atomic E-state index is -2.87. The van der Waals surface area contributed by atoms with Crippen LogP contribution < -0.4 is 93.3 Å². The maximum absolute atomic E-state index is 2.87. The summed E-state index contributed by atoms with van der Waals surface area (Å²) in [5.74, 6) is 0. The molecule has 0 saturated carbocycles. The van der Waals surface area contributed by atoms with Gasteiger partial charge in [0.15, 0.2) is 24.2 Å². The van der Waals surface area contributed by atoms with Crippen LogP contribution in [0.1, 0.15) is 0 Å². The van der Waals surface area contributed by atoms with E-state index in [9.17, 15) is 0 Å². The van der Waals surface area contributed by atoms with Gasteiger partial charge in [-0.3, -0.25) is 0 Å². The van der Waals surface area contributed by atoms with Crippen molar-refractivity contribution in [3.8, 4) is 0 Å². The minimum Gasteiger partial charge on any atom is -0.311 e. The summed E-state index contributed by atoms with van der Waals surface area (Å²) in [6, 6.07) is 144. The predicted octanol–water partition coefficient (Wildman–Crippen LogP) is 12.6. The van der Waals surface area contributed by atoms with Crippen molar-refractivity contribution in [1.29, 1.82) is 0 Å². The average Bonchev–Trinajstić information content (AvgIpc) is 0.707. The molecule has 0 radical (unpaired) electrons. The zero-order chi connectivity index (χ0) is 65.2. The lowest BCUT2D eigenvalue weighted by Crippen LogP contribution is -2.77.